The van der Waals surface area contributed by atoms with Crippen molar-refractivity contribution in [2.45, 2.75) is 13.0 Å². The first-order chi connectivity index (χ1) is 7.63. The van der Waals surface area contributed by atoms with Crippen molar-refractivity contribution in [3.63, 3.8) is 0 Å². The Hall–Kier alpha value is -1.26. The molecule has 0 heterocycles. The molecule has 0 amide bonds. The van der Waals surface area contributed by atoms with E-state index in [-0.39, 0.29) is 19.3 Å². The number of ether oxygens (including phenoxy) is 2. The van der Waals surface area contributed by atoms with Gasteiger partial charge in [0.25, 0.3) is 0 Å². The van der Waals surface area contributed by atoms with Crippen molar-refractivity contribution in [2.75, 3.05) is 13.2 Å². The standard InChI is InChI=1S/C11H14ClNO3/c1-8(7-15-11(14)6-13)16-10-5-3-2-4-9(10)12/h2-5,8H,6-7,13H2,1H3. The van der Waals surface area contributed by atoms with Crippen molar-refractivity contribution in [3.05, 3.63) is 29.3 Å². The van der Waals surface area contributed by atoms with Crippen LogP contribution < -0.4 is 10.5 Å². The molecule has 1 aromatic rings. The Labute approximate surface area is 99.3 Å². The summed E-state index contributed by atoms with van der Waals surface area (Å²) in [6, 6.07) is 7.12. The fourth-order valence-corrected chi connectivity index (χ4v) is 1.24. The summed E-state index contributed by atoms with van der Waals surface area (Å²) < 4.78 is 10.3. The summed E-state index contributed by atoms with van der Waals surface area (Å²) in [5.74, 6) is 0.120. The summed E-state index contributed by atoms with van der Waals surface area (Å²) in [7, 11) is 0. The molecule has 0 spiro atoms. The Morgan fingerprint density at radius 3 is 2.81 bits per heavy atom. The predicted molar refractivity (Wildman–Crippen MR) is 61.6 cm³/mol. The number of hydrogen-bond donors (Lipinski definition) is 1. The first-order valence-electron chi connectivity index (χ1n) is 4.90. The summed E-state index contributed by atoms with van der Waals surface area (Å²) in [4.78, 5) is 10.8. The van der Waals surface area contributed by atoms with Gasteiger partial charge in [-0.05, 0) is 19.1 Å². The molecule has 0 saturated heterocycles. The number of para-hydroxylation sites is 1. The zero-order valence-electron chi connectivity index (χ0n) is 8.98. The van der Waals surface area contributed by atoms with Crippen molar-refractivity contribution in [3.8, 4) is 5.75 Å². The van der Waals surface area contributed by atoms with Gasteiger partial charge in [0.05, 0.1) is 11.6 Å². The van der Waals surface area contributed by atoms with Crippen LogP contribution in [-0.4, -0.2) is 25.2 Å². The zero-order chi connectivity index (χ0) is 12.0. The lowest BCUT2D eigenvalue weighted by molar-refractivity contribution is -0.144. The average molecular weight is 244 g/mol. The molecular formula is C11H14ClNO3. The average Bonchev–Trinajstić information content (AvgIpc) is 2.29. The molecule has 0 fully saturated rings. The van der Waals surface area contributed by atoms with Crippen LogP contribution in [0.4, 0.5) is 0 Å². The van der Waals surface area contributed by atoms with E-state index in [4.69, 9.17) is 26.8 Å². The summed E-state index contributed by atoms with van der Waals surface area (Å²) in [5, 5.41) is 0.527. The molecule has 88 valence electrons. The molecular weight excluding hydrogens is 230 g/mol. The van der Waals surface area contributed by atoms with E-state index in [1.54, 1.807) is 19.1 Å². The minimum absolute atomic E-state index is 0.126. The fourth-order valence-electron chi connectivity index (χ4n) is 1.06. The van der Waals surface area contributed by atoms with E-state index in [1.807, 2.05) is 12.1 Å². The van der Waals surface area contributed by atoms with Gasteiger partial charge in [0.2, 0.25) is 0 Å². The first-order valence-corrected chi connectivity index (χ1v) is 5.28. The van der Waals surface area contributed by atoms with Crippen molar-refractivity contribution >= 4 is 17.6 Å². The highest BCUT2D eigenvalue weighted by Gasteiger charge is 2.09. The summed E-state index contributed by atoms with van der Waals surface area (Å²) in [6.45, 7) is 1.81. The van der Waals surface area contributed by atoms with Crippen LogP contribution in [0.1, 0.15) is 6.92 Å². The van der Waals surface area contributed by atoms with E-state index in [0.29, 0.717) is 10.8 Å². The largest absolute Gasteiger partial charge is 0.486 e. The molecule has 2 N–H and O–H groups in total. The van der Waals surface area contributed by atoms with Gasteiger partial charge in [-0.3, -0.25) is 4.79 Å². The maximum Gasteiger partial charge on any atom is 0.319 e. The highest BCUT2D eigenvalue weighted by molar-refractivity contribution is 6.32. The number of esters is 1. The van der Waals surface area contributed by atoms with Crippen LogP contribution in [0.25, 0.3) is 0 Å². The molecule has 0 bridgehead atoms. The van der Waals surface area contributed by atoms with E-state index in [2.05, 4.69) is 0 Å². The number of rotatable bonds is 5. The van der Waals surface area contributed by atoms with Gasteiger partial charge >= 0.3 is 5.97 Å². The zero-order valence-corrected chi connectivity index (χ0v) is 9.74. The third kappa shape index (κ3) is 4.08. The maximum atomic E-state index is 10.8. The molecule has 1 atom stereocenters. The Morgan fingerprint density at radius 1 is 1.50 bits per heavy atom. The van der Waals surface area contributed by atoms with Crippen molar-refractivity contribution in [2.24, 2.45) is 5.73 Å². The van der Waals surface area contributed by atoms with Gasteiger partial charge in [0.1, 0.15) is 18.5 Å². The van der Waals surface area contributed by atoms with Crippen LogP contribution in [-0.2, 0) is 9.53 Å². The highest BCUT2D eigenvalue weighted by atomic mass is 35.5. The van der Waals surface area contributed by atoms with Crippen molar-refractivity contribution in [1.29, 1.82) is 0 Å². The normalized spacial score (nSPS) is 11.9. The predicted octanol–water partition coefficient (Wildman–Crippen LogP) is 1.61. The van der Waals surface area contributed by atoms with Crippen molar-refractivity contribution < 1.29 is 14.3 Å². The Balaban J connectivity index is 2.43. The van der Waals surface area contributed by atoms with Crippen LogP contribution in [0.3, 0.4) is 0 Å². The molecule has 0 saturated carbocycles. The summed E-state index contributed by atoms with van der Waals surface area (Å²) >= 11 is 5.91. The molecule has 0 aromatic heterocycles. The second-order valence-electron chi connectivity index (χ2n) is 3.25. The molecule has 16 heavy (non-hydrogen) atoms. The Bertz CT molecular complexity index is 357. The Morgan fingerprint density at radius 2 is 2.19 bits per heavy atom. The molecule has 1 unspecified atom stereocenters. The number of benzene rings is 1. The minimum atomic E-state index is -0.449. The number of carbonyl (C=O) groups is 1. The molecule has 0 aliphatic heterocycles. The van der Waals surface area contributed by atoms with E-state index >= 15 is 0 Å². The molecule has 1 aromatic carbocycles. The highest BCUT2D eigenvalue weighted by Crippen LogP contribution is 2.24. The lowest BCUT2D eigenvalue weighted by atomic mass is 10.3. The fraction of sp³-hybridized carbons (Fsp3) is 0.364. The Kier molecular flexibility index (Phi) is 5.08. The minimum Gasteiger partial charge on any atom is -0.486 e. The maximum absolute atomic E-state index is 10.8. The van der Waals surface area contributed by atoms with Gasteiger partial charge in [-0.2, -0.15) is 0 Å². The van der Waals surface area contributed by atoms with E-state index in [0.717, 1.165) is 0 Å². The van der Waals surface area contributed by atoms with E-state index in [1.165, 1.54) is 0 Å². The lowest BCUT2D eigenvalue weighted by Crippen LogP contribution is -2.25. The molecule has 1 rings (SSSR count). The van der Waals surface area contributed by atoms with Gasteiger partial charge in [0.15, 0.2) is 0 Å². The van der Waals surface area contributed by atoms with E-state index in [9.17, 15) is 4.79 Å². The number of nitrogens with two attached hydrogens (primary N) is 1. The first kappa shape index (κ1) is 12.8. The van der Waals surface area contributed by atoms with Gasteiger partial charge in [-0.25, -0.2) is 0 Å². The van der Waals surface area contributed by atoms with Gasteiger partial charge in [0, 0.05) is 0 Å². The molecule has 0 radical (unpaired) electrons. The van der Waals surface area contributed by atoms with Crippen molar-refractivity contribution in [1.82, 2.24) is 0 Å². The van der Waals surface area contributed by atoms with Crippen LogP contribution in [0.2, 0.25) is 5.02 Å². The smallest absolute Gasteiger partial charge is 0.319 e. The lowest BCUT2D eigenvalue weighted by Gasteiger charge is -2.15. The van der Waals surface area contributed by atoms with Gasteiger partial charge < -0.3 is 15.2 Å². The monoisotopic (exact) mass is 243 g/mol. The van der Waals surface area contributed by atoms with Gasteiger partial charge in [-0.1, -0.05) is 23.7 Å². The quantitative estimate of drug-likeness (QED) is 0.799. The SMILES string of the molecule is CC(COC(=O)CN)Oc1ccccc1Cl. The summed E-state index contributed by atoms with van der Waals surface area (Å²) in [6.07, 6.45) is -0.268. The number of carbonyl (C=O) groups excluding carboxylic acids is 1. The summed E-state index contributed by atoms with van der Waals surface area (Å²) in [5.41, 5.74) is 5.10. The van der Waals surface area contributed by atoms with Crippen LogP contribution >= 0.6 is 11.6 Å². The third-order valence-corrected chi connectivity index (χ3v) is 2.12. The van der Waals surface area contributed by atoms with Crippen LogP contribution in [0.15, 0.2) is 24.3 Å². The second-order valence-corrected chi connectivity index (χ2v) is 3.65. The molecule has 0 aliphatic rings. The van der Waals surface area contributed by atoms with Crippen LogP contribution in [0.5, 0.6) is 5.75 Å². The van der Waals surface area contributed by atoms with Crippen LogP contribution in [0, 0.1) is 0 Å². The van der Waals surface area contributed by atoms with Gasteiger partial charge in [-0.15, -0.1) is 0 Å². The number of halogens is 1. The second kappa shape index (κ2) is 6.35. The molecule has 0 aliphatic carbocycles. The topological polar surface area (TPSA) is 61.5 Å². The third-order valence-electron chi connectivity index (χ3n) is 1.81. The van der Waals surface area contributed by atoms with E-state index < -0.39 is 5.97 Å². The molecule has 5 heteroatoms. The molecule has 4 nitrogen and oxygen atoms in total. The number of hydrogen-bond acceptors (Lipinski definition) is 4.